The third-order valence-electron chi connectivity index (χ3n) is 4.76. The molecule has 1 saturated heterocycles. The van der Waals surface area contributed by atoms with Crippen molar-refractivity contribution in [3.05, 3.63) is 0 Å². The van der Waals surface area contributed by atoms with Gasteiger partial charge in [-0.05, 0) is 31.7 Å². The molecule has 2 rings (SSSR count). The van der Waals surface area contributed by atoms with Gasteiger partial charge >= 0.3 is 0 Å². The van der Waals surface area contributed by atoms with Crippen LogP contribution < -0.4 is 5.32 Å². The van der Waals surface area contributed by atoms with Gasteiger partial charge in [-0.2, -0.15) is 5.26 Å². The Morgan fingerprint density at radius 2 is 2.00 bits per heavy atom. The highest BCUT2D eigenvalue weighted by Crippen LogP contribution is 2.33. The van der Waals surface area contributed by atoms with E-state index in [-0.39, 0.29) is 5.54 Å². The van der Waals surface area contributed by atoms with E-state index in [1.807, 2.05) is 0 Å². The lowest BCUT2D eigenvalue weighted by Crippen LogP contribution is -2.51. The molecule has 1 aliphatic heterocycles. The Bertz CT molecular complexity index is 341. The fourth-order valence-electron chi connectivity index (χ4n) is 3.80. The zero-order valence-corrected chi connectivity index (χ0v) is 13.4. The summed E-state index contributed by atoms with van der Waals surface area (Å²) in [6.07, 6.45) is 3.18. The van der Waals surface area contributed by atoms with E-state index in [1.165, 1.54) is 39.1 Å². The van der Waals surface area contributed by atoms with Crippen molar-refractivity contribution in [1.29, 1.82) is 5.26 Å². The van der Waals surface area contributed by atoms with Crippen molar-refractivity contribution in [1.82, 2.24) is 15.1 Å². The van der Waals surface area contributed by atoms with Crippen LogP contribution >= 0.6 is 0 Å². The average molecular weight is 278 g/mol. The molecule has 2 fully saturated rings. The fourth-order valence-corrected chi connectivity index (χ4v) is 3.80. The maximum absolute atomic E-state index is 9.47. The molecule has 1 N–H and O–H groups in total. The van der Waals surface area contributed by atoms with Crippen LogP contribution in [0.1, 0.15) is 40.0 Å². The second kappa shape index (κ2) is 6.89. The summed E-state index contributed by atoms with van der Waals surface area (Å²) in [5, 5.41) is 12.9. The molecule has 114 valence electrons. The fraction of sp³-hybridized carbons (Fsp3) is 0.938. The molecule has 4 nitrogen and oxygen atoms in total. The van der Waals surface area contributed by atoms with E-state index in [2.05, 4.69) is 42.0 Å². The first-order valence-electron chi connectivity index (χ1n) is 8.21. The summed E-state index contributed by atoms with van der Waals surface area (Å²) in [6, 6.07) is 3.14. The van der Waals surface area contributed by atoms with Crippen LogP contribution in [0.4, 0.5) is 0 Å². The Morgan fingerprint density at radius 1 is 1.30 bits per heavy atom. The van der Waals surface area contributed by atoms with Crippen molar-refractivity contribution in [3.63, 3.8) is 0 Å². The van der Waals surface area contributed by atoms with Gasteiger partial charge in [0, 0.05) is 38.8 Å². The smallest absolute Gasteiger partial charge is 0.108 e. The Labute approximate surface area is 124 Å². The molecule has 2 aliphatic rings. The number of hydrogen-bond acceptors (Lipinski definition) is 4. The number of nitriles is 1. The first-order chi connectivity index (χ1) is 9.58. The summed E-state index contributed by atoms with van der Waals surface area (Å²) < 4.78 is 0. The lowest BCUT2D eigenvalue weighted by atomic mass is 9.99. The molecule has 0 bridgehead atoms. The van der Waals surface area contributed by atoms with Gasteiger partial charge in [-0.15, -0.1) is 0 Å². The van der Waals surface area contributed by atoms with Crippen molar-refractivity contribution in [2.24, 2.45) is 5.92 Å². The molecule has 0 spiro atoms. The maximum Gasteiger partial charge on any atom is 0.108 e. The molecule has 1 heterocycles. The van der Waals surface area contributed by atoms with Crippen LogP contribution in [0.3, 0.4) is 0 Å². The highest BCUT2D eigenvalue weighted by Gasteiger charge is 2.41. The molecule has 0 amide bonds. The second-order valence-corrected chi connectivity index (χ2v) is 6.85. The minimum Gasteiger partial charge on any atom is -0.301 e. The molecule has 4 heteroatoms. The summed E-state index contributed by atoms with van der Waals surface area (Å²) in [6.45, 7) is 13.5. The standard InChI is InChI=1S/C16H30N4/c1-4-18-16(13-17)6-5-15(11-16)20-9-7-19(8-10-20)12-14(2)3/h14-15,18H,4-12H2,1-3H3. The highest BCUT2D eigenvalue weighted by molar-refractivity contribution is 5.13. The zero-order chi connectivity index (χ0) is 14.6. The molecule has 0 aromatic carbocycles. The van der Waals surface area contributed by atoms with E-state index >= 15 is 0 Å². The number of nitrogens with zero attached hydrogens (tertiary/aromatic N) is 3. The predicted octanol–water partition coefficient (Wildman–Crippen LogP) is 1.68. The van der Waals surface area contributed by atoms with Crippen molar-refractivity contribution in [3.8, 4) is 6.07 Å². The van der Waals surface area contributed by atoms with Crippen LogP contribution in [0, 0.1) is 17.2 Å². The molecule has 2 unspecified atom stereocenters. The summed E-state index contributed by atoms with van der Waals surface area (Å²) >= 11 is 0. The van der Waals surface area contributed by atoms with E-state index in [0.717, 1.165) is 25.3 Å². The molecule has 20 heavy (non-hydrogen) atoms. The topological polar surface area (TPSA) is 42.3 Å². The molecule has 2 atom stereocenters. The Hall–Kier alpha value is -0.630. The van der Waals surface area contributed by atoms with Gasteiger partial charge in [-0.25, -0.2) is 0 Å². The van der Waals surface area contributed by atoms with Gasteiger partial charge in [0.15, 0.2) is 0 Å². The van der Waals surface area contributed by atoms with Crippen LogP contribution in [0.2, 0.25) is 0 Å². The van der Waals surface area contributed by atoms with E-state index in [0.29, 0.717) is 6.04 Å². The minimum absolute atomic E-state index is 0.255. The highest BCUT2D eigenvalue weighted by atomic mass is 15.3. The Kier molecular flexibility index (Phi) is 5.42. The van der Waals surface area contributed by atoms with Gasteiger partial charge in [0.25, 0.3) is 0 Å². The van der Waals surface area contributed by atoms with Crippen LogP contribution in [-0.2, 0) is 0 Å². The lowest BCUT2D eigenvalue weighted by Gasteiger charge is -2.39. The predicted molar refractivity (Wildman–Crippen MR) is 82.5 cm³/mol. The Balaban J connectivity index is 1.82. The van der Waals surface area contributed by atoms with Gasteiger partial charge in [0.05, 0.1) is 6.07 Å². The zero-order valence-electron chi connectivity index (χ0n) is 13.4. The molecule has 0 radical (unpaired) electrons. The largest absolute Gasteiger partial charge is 0.301 e. The monoisotopic (exact) mass is 278 g/mol. The average Bonchev–Trinajstić information content (AvgIpc) is 2.84. The third-order valence-corrected chi connectivity index (χ3v) is 4.76. The van der Waals surface area contributed by atoms with Crippen molar-refractivity contribution in [2.75, 3.05) is 39.3 Å². The van der Waals surface area contributed by atoms with Crippen LogP contribution in [0.25, 0.3) is 0 Å². The van der Waals surface area contributed by atoms with E-state index < -0.39 is 0 Å². The quantitative estimate of drug-likeness (QED) is 0.831. The Morgan fingerprint density at radius 3 is 2.55 bits per heavy atom. The second-order valence-electron chi connectivity index (χ2n) is 6.85. The van der Waals surface area contributed by atoms with E-state index in [9.17, 15) is 5.26 Å². The van der Waals surface area contributed by atoms with Crippen LogP contribution in [-0.4, -0.2) is 60.6 Å². The van der Waals surface area contributed by atoms with Crippen molar-refractivity contribution >= 4 is 0 Å². The molecule has 0 aromatic heterocycles. The van der Waals surface area contributed by atoms with Gasteiger partial charge in [0.1, 0.15) is 5.54 Å². The summed E-state index contributed by atoms with van der Waals surface area (Å²) in [5.74, 6) is 0.757. The number of rotatable bonds is 5. The molecule has 1 saturated carbocycles. The normalized spacial score (nSPS) is 32.6. The molecular weight excluding hydrogens is 248 g/mol. The number of piperazine rings is 1. The van der Waals surface area contributed by atoms with Gasteiger partial charge in [-0.1, -0.05) is 20.8 Å². The third kappa shape index (κ3) is 3.72. The number of hydrogen-bond donors (Lipinski definition) is 1. The van der Waals surface area contributed by atoms with Gasteiger partial charge in [-0.3, -0.25) is 10.2 Å². The molecular formula is C16H30N4. The lowest BCUT2D eigenvalue weighted by molar-refractivity contribution is 0.0888. The van der Waals surface area contributed by atoms with Crippen molar-refractivity contribution in [2.45, 2.75) is 51.6 Å². The minimum atomic E-state index is -0.255. The maximum atomic E-state index is 9.47. The number of nitrogens with one attached hydrogen (secondary N) is 1. The van der Waals surface area contributed by atoms with Crippen LogP contribution in [0.5, 0.6) is 0 Å². The van der Waals surface area contributed by atoms with Gasteiger partial charge < -0.3 is 4.90 Å². The first-order valence-corrected chi connectivity index (χ1v) is 8.21. The SMILES string of the molecule is CCNC1(C#N)CCC(N2CCN(CC(C)C)CC2)C1. The summed E-state index contributed by atoms with van der Waals surface area (Å²) in [7, 11) is 0. The summed E-state index contributed by atoms with van der Waals surface area (Å²) in [5.41, 5.74) is -0.255. The summed E-state index contributed by atoms with van der Waals surface area (Å²) in [4.78, 5) is 5.20. The van der Waals surface area contributed by atoms with Crippen LogP contribution in [0.15, 0.2) is 0 Å². The molecule has 1 aliphatic carbocycles. The van der Waals surface area contributed by atoms with E-state index in [4.69, 9.17) is 0 Å². The van der Waals surface area contributed by atoms with Gasteiger partial charge in [0.2, 0.25) is 0 Å². The molecule has 0 aromatic rings. The van der Waals surface area contributed by atoms with E-state index in [1.54, 1.807) is 0 Å². The first kappa shape index (κ1) is 15.8. The van der Waals surface area contributed by atoms with Crippen molar-refractivity contribution < 1.29 is 0 Å².